The molecule has 7 heteroatoms. The minimum atomic E-state index is -1.10. The van der Waals surface area contributed by atoms with Gasteiger partial charge in [-0.1, -0.05) is 11.6 Å². The van der Waals surface area contributed by atoms with E-state index in [2.05, 4.69) is 5.32 Å². The lowest BCUT2D eigenvalue weighted by Crippen LogP contribution is -2.19. The molecular formula is C17H14ClF2N3O. The molecule has 0 aliphatic heterocycles. The summed E-state index contributed by atoms with van der Waals surface area (Å²) in [5.41, 5.74) is 4.67. The molecule has 0 unspecified atom stereocenters. The van der Waals surface area contributed by atoms with Gasteiger partial charge in [0.15, 0.2) is 0 Å². The topological polar surface area (TPSA) is 78.9 Å². The molecule has 0 aliphatic carbocycles. The van der Waals surface area contributed by atoms with Gasteiger partial charge in [0.2, 0.25) is 0 Å². The summed E-state index contributed by atoms with van der Waals surface area (Å²) in [5.74, 6) is -2.26. The van der Waals surface area contributed by atoms with Crippen LogP contribution in [0.1, 0.15) is 29.8 Å². The quantitative estimate of drug-likeness (QED) is 0.813. The standard InChI is InChI=1S/C17H14ClF2N3O/c1-17(2,8-21)11-5-9(6-13(20)15(11)18)16(24)23-14-7-10(22)3-4-12(14)19/h3-7H,22H2,1-2H3,(H,23,24). The molecule has 0 bridgehead atoms. The van der Waals surface area contributed by atoms with Crippen molar-refractivity contribution in [3.05, 3.63) is 58.1 Å². The zero-order valence-corrected chi connectivity index (χ0v) is 13.7. The Morgan fingerprint density at radius 2 is 1.92 bits per heavy atom. The molecule has 0 heterocycles. The highest BCUT2D eigenvalue weighted by Crippen LogP contribution is 2.32. The number of nitrogens with two attached hydrogens (primary N) is 1. The minimum Gasteiger partial charge on any atom is -0.399 e. The van der Waals surface area contributed by atoms with E-state index in [0.717, 1.165) is 12.1 Å². The molecule has 0 aliphatic rings. The van der Waals surface area contributed by atoms with Crippen molar-refractivity contribution in [3.8, 4) is 6.07 Å². The van der Waals surface area contributed by atoms with Crippen LogP contribution in [0, 0.1) is 23.0 Å². The summed E-state index contributed by atoms with van der Waals surface area (Å²) in [6.07, 6.45) is 0. The number of benzene rings is 2. The predicted molar refractivity (Wildman–Crippen MR) is 88.8 cm³/mol. The van der Waals surface area contributed by atoms with Crippen molar-refractivity contribution in [1.82, 2.24) is 0 Å². The van der Waals surface area contributed by atoms with Crippen LogP contribution in [0.25, 0.3) is 0 Å². The third kappa shape index (κ3) is 3.47. The highest BCUT2D eigenvalue weighted by molar-refractivity contribution is 6.31. The number of hydrogen-bond acceptors (Lipinski definition) is 3. The number of anilines is 2. The Morgan fingerprint density at radius 1 is 1.25 bits per heavy atom. The number of amides is 1. The Kier molecular flexibility index (Phi) is 4.76. The molecule has 2 rings (SSSR count). The molecule has 124 valence electrons. The number of nitrogens with zero attached hydrogens (tertiary/aromatic N) is 1. The molecular weight excluding hydrogens is 336 g/mol. The molecule has 0 atom stereocenters. The maximum absolute atomic E-state index is 14.0. The van der Waals surface area contributed by atoms with Gasteiger partial charge in [0.1, 0.15) is 11.6 Å². The number of carbonyl (C=O) groups excluding carboxylic acids is 1. The number of halogens is 3. The summed E-state index contributed by atoms with van der Waals surface area (Å²) < 4.78 is 27.7. The highest BCUT2D eigenvalue weighted by atomic mass is 35.5. The van der Waals surface area contributed by atoms with Crippen LogP contribution in [0.4, 0.5) is 20.2 Å². The Morgan fingerprint density at radius 3 is 2.54 bits per heavy atom. The number of nitriles is 1. The Balaban J connectivity index is 2.44. The molecule has 4 nitrogen and oxygen atoms in total. The molecule has 0 radical (unpaired) electrons. The average Bonchev–Trinajstić information content (AvgIpc) is 2.53. The highest BCUT2D eigenvalue weighted by Gasteiger charge is 2.26. The Labute approximate surface area is 142 Å². The number of hydrogen-bond donors (Lipinski definition) is 2. The van der Waals surface area contributed by atoms with Crippen LogP contribution in [-0.2, 0) is 5.41 Å². The first kappa shape index (κ1) is 17.7. The van der Waals surface area contributed by atoms with Gasteiger partial charge in [-0.2, -0.15) is 5.26 Å². The van der Waals surface area contributed by atoms with E-state index in [4.69, 9.17) is 17.3 Å². The van der Waals surface area contributed by atoms with Gasteiger partial charge in [0.05, 0.1) is 22.2 Å². The number of carbonyl (C=O) groups is 1. The second-order valence-electron chi connectivity index (χ2n) is 5.75. The summed E-state index contributed by atoms with van der Waals surface area (Å²) in [7, 11) is 0. The second-order valence-corrected chi connectivity index (χ2v) is 6.13. The van der Waals surface area contributed by atoms with E-state index >= 15 is 0 Å². The van der Waals surface area contributed by atoms with Gasteiger partial charge in [-0.15, -0.1) is 0 Å². The van der Waals surface area contributed by atoms with E-state index in [1.807, 2.05) is 6.07 Å². The van der Waals surface area contributed by atoms with Gasteiger partial charge in [-0.05, 0) is 49.7 Å². The lowest BCUT2D eigenvalue weighted by molar-refractivity contribution is 0.102. The molecule has 1 amide bonds. The van der Waals surface area contributed by atoms with Gasteiger partial charge in [0.25, 0.3) is 5.91 Å². The molecule has 0 saturated heterocycles. The summed E-state index contributed by atoms with van der Waals surface area (Å²) in [4.78, 5) is 12.3. The summed E-state index contributed by atoms with van der Waals surface area (Å²) in [6, 6.07) is 7.95. The van der Waals surface area contributed by atoms with E-state index in [9.17, 15) is 18.8 Å². The fraction of sp³-hybridized carbons (Fsp3) is 0.176. The van der Waals surface area contributed by atoms with Crippen LogP contribution >= 0.6 is 11.6 Å². The fourth-order valence-corrected chi connectivity index (χ4v) is 2.41. The van der Waals surface area contributed by atoms with E-state index < -0.39 is 23.0 Å². The largest absolute Gasteiger partial charge is 0.399 e. The lowest BCUT2D eigenvalue weighted by Gasteiger charge is -2.19. The normalized spacial score (nSPS) is 11.0. The van der Waals surface area contributed by atoms with Crippen molar-refractivity contribution in [1.29, 1.82) is 5.26 Å². The summed E-state index contributed by atoms with van der Waals surface area (Å²) >= 11 is 5.91. The number of rotatable bonds is 3. The van der Waals surface area contributed by atoms with Gasteiger partial charge < -0.3 is 11.1 Å². The van der Waals surface area contributed by atoms with Crippen molar-refractivity contribution >= 4 is 28.9 Å². The van der Waals surface area contributed by atoms with Crippen LogP contribution in [0.2, 0.25) is 5.02 Å². The SMILES string of the molecule is CC(C)(C#N)c1cc(C(=O)Nc2cc(N)ccc2F)cc(F)c1Cl. The zero-order chi connectivity index (χ0) is 18.1. The van der Waals surface area contributed by atoms with Gasteiger partial charge in [-0.3, -0.25) is 4.79 Å². The first-order valence-corrected chi connectivity index (χ1v) is 7.30. The van der Waals surface area contributed by atoms with Gasteiger partial charge in [0, 0.05) is 11.3 Å². The lowest BCUT2D eigenvalue weighted by atomic mass is 9.85. The minimum absolute atomic E-state index is 0.0861. The van der Waals surface area contributed by atoms with Gasteiger partial charge in [-0.25, -0.2) is 8.78 Å². The second kappa shape index (κ2) is 6.46. The molecule has 24 heavy (non-hydrogen) atoms. The third-order valence-electron chi connectivity index (χ3n) is 3.48. The van der Waals surface area contributed by atoms with Crippen LogP contribution in [0.15, 0.2) is 30.3 Å². The van der Waals surface area contributed by atoms with Crippen LogP contribution in [-0.4, -0.2) is 5.91 Å². The first-order valence-electron chi connectivity index (χ1n) is 6.93. The van der Waals surface area contributed by atoms with Gasteiger partial charge >= 0.3 is 0 Å². The van der Waals surface area contributed by atoms with Crippen molar-refractivity contribution in [3.63, 3.8) is 0 Å². The Bertz CT molecular complexity index is 860. The summed E-state index contributed by atoms with van der Waals surface area (Å²) in [6.45, 7) is 3.10. The van der Waals surface area contributed by atoms with Crippen molar-refractivity contribution in [2.45, 2.75) is 19.3 Å². The summed E-state index contributed by atoms with van der Waals surface area (Å²) in [5, 5.41) is 11.3. The molecule has 2 aromatic carbocycles. The first-order chi connectivity index (χ1) is 11.2. The van der Waals surface area contributed by atoms with E-state index in [0.29, 0.717) is 0 Å². The number of nitrogen functional groups attached to an aromatic ring is 1. The van der Waals surface area contributed by atoms with Crippen LogP contribution in [0.3, 0.4) is 0 Å². The van der Waals surface area contributed by atoms with E-state index in [1.54, 1.807) is 13.8 Å². The molecule has 3 N–H and O–H groups in total. The van der Waals surface area contributed by atoms with Crippen LogP contribution < -0.4 is 11.1 Å². The maximum Gasteiger partial charge on any atom is 0.255 e. The van der Waals surface area contributed by atoms with Crippen molar-refractivity contribution in [2.75, 3.05) is 11.1 Å². The maximum atomic E-state index is 14.0. The van der Waals surface area contributed by atoms with Crippen molar-refractivity contribution in [2.24, 2.45) is 0 Å². The fourth-order valence-electron chi connectivity index (χ4n) is 2.07. The molecule has 2 aromatic rings. The molecule has 0 aromatic heterocycles. The monoisotopic (exact) mass is 349 g/mol. The molecule has 0 saturated carbocycles. The Hall–Kier alpha value is -2.65. The van der Waals surface area contributed by atoms with Crippen LogP contribution in [0.5, 0.6) is 0 Å². The van der Waals surface area contributed by atoms with E-state index in [-0.39, 0.29) is 27.5 Å². The number of nitrogens with one attached hydrogen (secondary N) is 1. The van der Waals surface area contributed by atoms with Crippen molar-refractivity contribution < 1.29 is 13.6 Å². The predicted octanol–water partition coefficient (Wildman–Crippen LogP) is 4.25. The average molecular weight is 350 g/mol. The molecule has 0 spiro atoms. The molecule has 0 fully saturated rings. The smallest absolute Gasteiger partial charge is 0.255 e. The third-order valence-corrected chi connectivity index (χ3v) is 3.87. The van der Waals surface area contributed by atoms with E-state index in [1.165, 1.54) is 18.2 Å². The zero-order valence-electron chi connectivity index (χ0n) is 13.0.